The third-order valence-corrected chi connectivity index (χ3v) is 3.22. The largest absolute Gasteiger partial charge is 0.387 e. The van der Waals surface area contributed by atoms with Gasteiger partial charge in [0.2, 0.25) is 0 Å². The lowest BCUT2D eigenvalue weighted by Gasteiger charge is -2.07. The Hall–Kier alpha value is -2.95. The number of hydrogen-bond acceptors (Lipinski definition) is 3. The van der Waals surface area contributed by atoms with Crippen LogP contribution in [-0.2, 0) is 0 Å². The molecule has 0 bridgehead atoms. The molecule has 0 aliphatic heterocycles. The molecule has 0 fully saturated rings. The predicted molar refractivity (Wildman–Crippen MR) is 93.2 cm³/mol. The number of pyridine rings is 1. The summed E-state index contributed by atoms with van der Waals surface area (Å²) in [6.45, 7) is 3.51. The fourth-order valence-corrected chi connectivity index (χ4v) is 2.41. The number of aliphatic imine (C=N–C) groups is 2. The van der Waals surface area contributed by atoms with Gasteiger partial charge in [-0.15, -0.1) is 0 Å². The van der Waals surface area contributed by atoms with Gasteiger partial charge < -0.3 is 11.5 Å². The fourth-order valence-electron chi connectivity index (χ4n) is 2.41. The Kier molecular flexibility index (Phi) is 3.47. The zero-order valence-corrected chi connectivity index (χ0v) is 12.5. The minimum absolute atomic E-state index is 0.499. The minimum Gasteiger partial charge on any atom is -0.387 e. The van der Waals surface area contributed by atoms with Crippen LogP contribution in [0, 0.1) is 0 Å². The van der Waals surface area contributed by atoms with E-state index in [9.17, 15) is 0 Å². The van der Waals surface area contributed by atoms with E-state index < -0.39 is 0 Å². The number of aromatic nitrogens is 1. The average molecular weight is 291 g/mol. The van der Waals surface area contributed by atoms with E-state index in [-0.39, 0.29) is 0 Å². The number of rotatable bonds is 2. The normalized spacial score (nSPS) is 13.0. The van der Waals surface area contributed by atoms with Crippen molar-refractivity contribution in [2.24, 2.45) is 21.5 Å². The lowest BCUT2D eigenvalue weighted by molar-refractivity contribution is 1.40. The second kappa shape index (κ2) is 5.44. The molecule has 0 atom stereocenters. The van der Waals surface area contributed by atoms with Gasteiger partial charge >= 0.3 is 0 Å². The van der Waals surface area contributed by atoms with Gasteiger partial charge in [0.1, 0.15) is 0 Å². The zero-order valence-electron chi connectivity index (χ0n) is 12.5. The van der Waals surface area contributed by atoms with E-state index in [2.05, 4.69) is 16.1 Å². The smallest absolute Gasteiger partial charge is 0.0967 e. The minimum atomic E-state index is 0.499. The molecule has 0 aliphatic carbocycles. The summed E-state index contributed by atoms with van der Waals surface area (Å²) >= 11 is 0. The summed E-state index contributed by atoms with van der Waals surface area (Å²) in [6, 6.07) is 13.8. The molecular formula is C17H17N5. The molecule has 0 saturated carbocycles. The van der Waals surface area contributed by atoms with Crippen LogP contribution in [0.3, 0.4) is 0 Å². The Morgan fingerprint density at radius 1 is 0.818 bits per heavy atom. The Morgan fingerprint density at radius 2 is 1.27 bits per heavy atom. The van der Waals surface area contributed by atoms with E-state index in [1.165, 1.54) is 0 Å². The van der Waals surface area contributed by atoms with E-state index in [1.807, 2.05) is 36.4 Å². The maximum atomic E-state index is 5.71. The van der Waals surface area contributed by atoms with Gasteiger partial charge in [0, 0.05) is 10.8 Å². The van der Waals surface area contributed by atoms with Crippen molar-refractivity contribution in [3.05, 3.63) is 42.5 Å². The molecule has 3 rings (SSSR count). The summed E-state index contributed by atoms with van der Waals surface area (Å²) in [5.41, 5.74) is 14.5. The summed E-state index contributed by atoms with van der Waals surface area (Å²) < 4.78 is 0. The van der Waals surface area contributed by atoms with Gasteiger partial charge in [-0.05, 0) is 32.0 Å². The van der Waals surface area contributed by atoms with Crippen LogP contribution < -0.4 is 11.5 Å². The Labute approximate surface area is 128 Å². The molecule has 0 amide bonds. The molecule has 5 heteroatoms. The molecule has 4 N–H and O–H groups in total. The molecule has 0 unspecified atom stereocenters. The standard InChI is InChI=1S/C17H17N5/c1-10(18)20-14-7-3-5-12-9-13-6-4-8-15(21-11(2)19)17(13)22-16(12)14/h3-9H,1-2H3,(H2,18,20)(H2,19,21). The first-order valence-electron chi connectivity index (χ1n) is 6.98. The summed E-state index contributed by atoms with van der Waals surface area (Å²) in [6.07, 6.45) is 0. The van der Waals surface area contributed by atoms with E-state index in [4.69, 9.17) is 16.5 Å². The SMILES string of the molecule is CC(N)=Nc1cccc2cc3cccc(N=C(C)N)c3nc12. The molecule has 2 aromatic carbocycles. The molecule has 1 aromatic heterocycles. The third kappa shape index (κ3) is 2.61. The van der Waals surface area contributed by atoms with Gasteiger partial charge in [0.05, 0.1) is 34.1 Å². The molecule has 0 aliphatic rings. The molecule has 3 aromatic rings. The number of amidine groups is 2. The van der Waals surface area contributed by atoms with Gasteiger partial charge in [-0.25, -0.2) is 15.0 Å². The number of benzene rings is 2. The van der Waals surface area contributed by atoms with Crippen molar-refractivity contribution < 1.29 is 0 Å². The van der Waals surface area contributed by atoms with Crippen LogP contribution in [0.25, 0.3) is 21.8 Å². The number of hydrogen-bond donors (Lipinski definition) is 2. The molecule has 5 nitrogen and oxygen atoms in total. The molecule has 0 saturated heterocycles. The van der Waals surface area contributed by atoms with Crippen molar-refractivity contribution >= 4 is 44.9 Å². The van der Waals surface area contributed by atoms with Gasteiger partial charge in [-0.2, -0.15) is 0 Å². The number of nitrogens with two attached hydrogens (primary N) is 2. The lowest BCUT2D eigenvalue weighted by atomic mass is 10.1. The lowest BCUT2D eigenvalue weighted by Crippen LogP contribution is -2.04. The second-order valence-corrected chi connectivity index (χ2v) is 5.19. The van der Waals surface area contributed by atoms with Gasteiger partial charge in [-0.3, -0.25) is 0 Å². The van der Waals surface area contributed by atoms with Crippen molar-refractivity contribution in [2.45, 2.75) is 13.8 Å². The van der Waals surface area contributed by atoms with Crippen molar-refractivity contribution in [1.29, 1.82) is 0 Å². The topological polar surface area (TPSA) is 89.6 Å². The van der Waals surface area contributed by atoms with Crippen LogP contribution in [-0.4, -0.2) is 16.7 Å². The quantitative estimate of drug-likeness (QED) is 0.430. The number of nitrogens with zero attached hydrogens (tertiary/aromatic N) is 3. The summed E-state index contributed by atoms with van der Waals surface area (Å²) in [5.74, 6) is 0.997. The molecule has 0 radical (unpaired) electrons. The van der Waals surface area contributed by atoms with Crippen molar-refractivity contribution in [2.75, 3.05) is 0 Å². The van der Waals surface area contributed by atoms with E-state index >= 15 is 0 Å². The Balaban J connectivity index is 2.39. The van der Waals surface area contributed by atoms with Crippen molar-refractivity contribution in [1.82, 2.24) is 4.98 Å². The van der Waals surface area contributed by atoms with Gasteiger partial charge in [0.15, 0.2) is 0 Å². The molecule has 1 heterocycles. The predicted octanol–water partition coefficient (Wildman–Crippen LogP) is 3.41. The van der Waals surface area contributed by atoms with Crippen molar-refractivity contribution in [3.8, 4) is 0 Å². The fraction of sp³-hybridized carbons (Fsp3) is 0.118. The van der Waals surface area contributed by atoms with Crippen molar-refractivity contribution in [3.63, 3.8) is 0 Å². The molecule has 22 heavy (non-hydrogen) atoms. The van der Waals surface area contributed by atoms with Crippen LogP contribution in [0.1, 0.15) is 13.8 Å². The van der Waals surface area contributed by atoms with Crippen LogP contribution in [0.15, 0.2) is 52.4 Å². The van der Waals surface area contributed by atoms with Crippen LogP contribution in [0.4, 0.5) is 11.4 Å². The first-order valence-corrected chi connectivity index (χ1v) is 6.98. The third-order valence-electron chi connectivity index (χ3n) is 3.22. The summed E-state index contributed by atoms with van der Waals surface area (Å²) in [7, 11) is 0. The van der Waals surface area contributed by atoms with Crippen LogP contribution in [0.2, 0.25) is 0 Å². The summed E-state index contributed by atoms with van der Waals surface area (Å²) in [4.78, 5) is 13.5. The Bertz CT molecular complexity index is 844. The highest BCUT2D eigenvalue weighted by Crippen LogP contribution is 2.31. The average Bonchev–Trinajstić information content (AvgIpc) is 2.45. The number of fused-ring (bicyclic) bond motifs is 2. The molecular weight excluding hydrogens is 274 g/mol. The van der Waals surface area contributed by atoms with Gasteiger partial charge in [0.25, 0.3) is 0 Å². The number of para-hydroxylation sites is 2. The zero-order chi connectivity index (χ0) is 15.7. The maximum absolute atomic E-state index is 5.71. The van der Waals surface area contributed by atoms with Crippen LogP contribution >= 0.6 is 0 Å². The second-order valence-electron chi connectivity index (χ2n) is 5.19. The highest BCUT2D eigenvalue weighted by Gasteiger charge is 2.07. The van der Waals surface area contributed by atoms with Crippen LogP contribution in [0.5, 0.6) is 0 Å². The van der Waals surface area contributed by atoms with E-state index in [0.29, 0.717) is 11.7 Å². The summed E-state index contributed by atoms with van der Waals surface area (Å²) in [5, 5.41) is 2.03. The highest BCUT2D eigenvalue weighted by atomic mass is 14.9. The maximum Gasteiger partial charge on any atom is 0.0967 e. The first-order chi connectivity index (χ1) is 10.5. The van der Waals surface area contributed by atoms with Gasteiger partial charge in [-0.1, -0.05) is 24.3 Å². The van der Waals surface area contributed by atoms with E-state index in [1.54, 1.807) is 13.8 Å². The first kappa shape index (κ1) is 14.0. The molecule has 0 spiro atoms. The highest BCUT2D eigenvalue weighted by molar-refractivity contribution is 6.02. The van der Waals surface area contributed by atoms with E-state index in [0.717, 1.165) is 33.2 Å². The Morgan fingerprint density at radius 3 is 1.68 bits per heavy atom. The molecule has 110 valence electrons. The monoisotopic (exact) mass is 291 g/mol.